The van der Waals surface area contributed by atoms with Crippen molar-refractivity contribution in [3.05, 3.63) is 63.7 Å². The van der Waals surface area contributed by atoms with Crippen molar-refractivity contribution in [3.63, 3.8) is 0 Å². The average Bonchev–Trinajstić information content (AvgIpc) is 2.72. The third-order valence-corrected chi connectivity index (χ3v) is 4.06. The van der Waals surface area contributed by atoms with Crippen LogP contribution in [0, 0.1) is 10.1 Å². The van der Waals surface area contributed by atoms with Crippen LogP contribution in [0.4, 0.5) is 17.1 Å². The van der Waals surface area contributed by atoms with Crippen molar-refractivity contribution in [2.75, 3.05) is 37.5 Å². The van der Waals surface area contributed by atoms with Gasteiger partial charge in [0.15, 0.2) is 6.61 Å². The van der Waals surface area contributed by atoms with E-state index in [4.69, 9.17) is 9.47 Å². The molecule has 0 aliphatic carbocycles. The van der Waals surface area contributed by atoms with Gasteiger partial charge >= 0.3 is 5.97 Å². The maximum absolute atomic E-state index is 12.5. The van der Waals surface area contributed by atoms with Crippen LogP contribution in [0.15, 0.2) is 42.5 Å². The van der Waals surface area contributed by atoms with Crippen molar-refractivity contribution < 1.29 is 24.0 Å². The molecule has 0 radical (unpaired) electrons. The number of non-ortho nitro benzene ring substituents is 1. The number of carbonyl (C=O) groups excluding carboxylic acids is 2. The van der Waals surface area contributed by atoms with Gasteiger partial charge in [0, 0.05) is 37.2 Å². The summed E-state index contributed by atoms with van der Waals surface area (Å²) in [5, 5.41) is 16.7. The van der Waals surface area contributed by atoms with Crippen LogP contribution >= 0.6 is 0 Å². The van der Waals surface area contributed by atoms with E-state index in [0.29, 0.717) is 24.5 Å². The maximum Gasteiger partial charge on any atom is 0.341 e. The number of methoxy groups -OCH3 is 1. The van der Waals surface area contributed by atoms with Crippen molar-refractivity contribution in [2.45, 2.75) is 13.3 Å². The highest BCUT2D eigenvalue weighted by Crippen LogP contribution is 2.23. The lowest BCUT2D eigenvalue weighted by Gasteiger charge is -2.12. The fourth-order valence-electron chi connectivity index (χ4n) is 2.60. The number of esters is 1. The molecule has 2 rings (SSSR count). The van der Waals surface area contributed by atoms with Crippen LogP contribution < -0.4 is 10.6 Å². The van der Waals surface area contributed by atoms with Gasteiger partial charge in [-0.3, -0.25) is 14.9 Å². The second-order valence-corrected chi connectivity index (χ2v) is 6.04. The Morgan fingerprint density at radius 2 is 1.90 bits per heavy atom. The summed E-state index contributed by atoms with van der Waals surface area (Å²) in [5.74, 6) is -1.34. The maximum atomic E-state index is 12.5. The molecule has 2 N–H and O–H groups in total. The first-order chi connectivity index (χ1) is 14.0. The predicted molar refractivity (Wildman–Crippen MR) is 108 cm³/mol. The first-order valence-electron chi connectivity index (χ1n) is 9.02. The molecule has 0 aliphatic heterocycles. The van der Waals surface area contributed by atoms with Gasteiger partial charge in [-0.15, -0.1) is 0 Å². The van der Waals surface area contributed by atoms with E-state index in [1.807, 2.05) is 19.1 Å². The standard InChI is InChI=1S/C20H23N3O6/c1-3-14-6-4-5-7-17(14)22-19(24)13-29-20(25)16-12-15(23(26)27)8-9-18(16)21-10-11-28-2/h4-9,12,21H,3,10-11,13H2,1-2H3,(H,22,24). The lowest BCUT2D eigenvalue weighted by Crippen LogP contribution is -2.22. The first-order valence-corrected chi connectivity index (χ1v) is 9.02. The predicted octanol–water partition coefficient (Wildman–Crippen LogP) is 3.01. The number of nitrogens with zero attached hydrogens (tertiary/aromatic N) is 1. The molecule has 0 unspecified atom stereocenters. The topological polar surface area (TPSA) is 120 Å². The molecule has 0 aliphatic rings. The van der Waals surface area contributed by atoms with E-state index < -0.39 is 23.4 Å². The quantitative estimate of drug-likeness (QED) is 0.272. The van der Waals surface area contributed by atoms with E-state index in [1.165, 1.54) is 19.2 Å². The van der Waals surface area contributed by atoms with Crippen molar-refractivity contribution >= 4 is 28.9 Å². The molecule has 2 aromatic carbocycles. The van der Waals surface area contributed by atoms with Crippen LogP contribution in [-0.4, -0.2) is 43.7 Å². The molecule has 0 saturated heterocycles. The Bertz CT molecular complexity index is 884. The molecule has 154 valence electrons. The number of benzene rings is 2. The third kappa shape index (κ3) is 6.28. The van der Waals surface area contributed by atoms with Gasteiger partial charge in [0.2, 0.25) is 0 Å². The van der Waals surface area contributed by atoms with E-state index in [0.717, 1.165) is 18.1 Å². The number of aryl methyl sites for hydroxylation is 1. The minimum absolute atomic E-state index is 0.0305. The van der Waals surface area contributed by atoms with Gasteiger partial charge in [0.1, 0.15) is 0 Å². The van der Waals surface area contributed by atoms with Crippen LogP contribution in [0.25, 0.3) is 0 Å². The Morgan fingerprint density at radius 1 is 1.14 bits per heavy atom. The van der Waals surface area contributed by atoms with Crippen LogP contribution in [0.2, 0.25) is 0 Å². The number of amides is 1. The molecule has 2 aromatic rings. The van der Waals surface area contributed by atoms with Crippen molar-refractivity contribution in [1.29, 1.82) is 0 Å². The summed E-state index contributed by atoms with van der Waals surface area (Å²) < 4.78 is 10.0. The number of rotatable bonds is 10. The van der Waals surface area contributed by atoms with Gasteiger partial charge in [-0.05, 0) is 24.1 Å². The van der Waals surface area contributed by atoms with Gasteiger partial charge in [-0.25, -0.2) is 4.79 Å². The minimum atomic E-state index is -0.840. The Balaban J connectivity index is 2.07. The summed E-state index contributed by atoms with van der Waals surface area (Å²) in [6, 6.07) is 11.1. The number of ether oxygens (including phenoxy) is 2. The molecule has 0 atom stereocenters. The number of hydrogen-bond acceptors (Lipinski definition) is 7. The molecular formula is C20H23N3O6. The molecular weight excluding hydrogens is 378 g/mol. The molecule has 9 heteroatoms. The Morgan fingerprint density at radius 3 is 2.59 bits per heavy atom. The van der Waals surface area contributed by atoms with Crippen LogP contribution in [0.3, 0.4) is 0 Å². The number of anilines is 2. The summed E-state index contributed by atoms with van der Waals surface area (Å²) in [4.78, 5) is 35.0. The fraction of sp³-hybridized carbons (Fsp3) is 0.300. The summed E-state index contributed by atoms with van der Waals surface area (Å²) in [6.45, 7) is 2.22. The van der Waals surface area contributed by atoms with E-state index in [1.54, 1.807) is 12.1 Å². The largest absolute Gasteiger partial charge is 0.452 e. The van der Waals surface area contributed by atoms with Crippen LogP contribution in [-0.2, 0) is 20.7 Å². The van der Waals surface area contributed by atoms with Crippen molar-refractivity contribution in [2.24, 2.45) is 0 Å². The highest BCUT2D eigenvalue weighted by Gasteiger charge is 2.19. The zero-order chi connectivity index (χ0) is 21.2. The second kappa shape index (κ2) is 10.8. The number of hydrogen-bond donors (Lipinski definition) is 2. The summed E-state index contributed by atoms with van der Waals surface area (Å²) in [6.07, 6.45) is 0.737. The zero-order valence-electron chi connectivity index (χ0n) is 16.3. The smallest absolute Gasteiger partial charge is 0.341 e. The minimum Gasteiger partial charge on any atom is -0.452 e. The molecule has 1 amide bonds. The van der Waals surface area contributed by atoms with Gasteiger partial charge in [-0.1, -0.05) is 25.1 Å². The van der Waals surface area contributed by atoms with Gasteiger partial charge in [0.25, 0.3) is 11.6 Å². The Kier molecular flexibility index (Phi) is 8.11. The van der Waals surface area contributed by atoms with Crippen LogP contribution in [0.1, 0.15) is 22.8 Å². The number of para-hydroxylation sites is 1. The van der Waals surface area contributed by atoms with Gasteiger partial charge in [-0.2, -0.15) is 0 Å². The molecule has 0 heterocycles. The summed E-state index contributed by atoms with van der Waals surface area (Å²) >= 11 is 0. The molecule has 0 aromatic heterocycles. The number of nitrogens with one attached hydrogen (secondary N) is 2. The summed E-state index contributed by atoms with van der Waals surface area (Å²) in [5.41, 5.74) is 1.67. The molecule has 0 fully saturated rings. The average molecular weight is 401 g/mol. The lowest BCUT2D eigenvalue weighted by molar-refractivity contribution is -0.384. The highest BCUT2D eigenvalue weighted by atomic mass is 16.6. The Hall–Kier alpha value is -3.46. The second-order valence-electron chi connectivity index (χ2n) is 6.04. The van der Waals surface area contributed by atoms with E-state index in [2.05, 4.69) is 10.6 Å². The van der Waals surface area contributed by atoms with E-state index in [9.17, 15) is 19.7 Å². The van der Waals surface area contributed by atoms with Crippen LogP contribution in [0.5, 0.6) is 0 Å². The normalized spacial score (nSPS) is 10.3. The Labute approximate surface area is 168 Å². The number of carbonyl (C=O) groups is 2. The molecule has 9 nitrogen and oxygen atoms in total. The van der Waals surface area contributed by atoms with Crippen molar-refractivity contribution in [1.82, 2.24) is 0 Å². The third-order valence-electron chi connectivity index (χ3n) is 4.06. The number of nitro groups is 1. The molecule has 0 saturated carbocycles. The highest BCUT2D eigenvalue weighted by molar-refractivity contribution is 5.99. The fourth-order valence-corrected chi connectivity index (χ4v) is 2.60. The van der Waals surface area contributed by atoms with Crippen molar-refractivity contribution in [3.8, 4) is 0 Å². The van der Waals surface area contributed by atoms with E-state index >= 15 is 0 Å². The van der Waals surface area contributed by atoms with Gasteiger partial charge < -0.3 is 20.1 Å². The first kappa shape index (κ1) is 21.8. The van der Waals surface area contributed by atoms with Gasteiger partial charge in [0.05, 0.1) is 17.1 Å². The zero-order valence-corrected chi connectivity index (χ0v) is 16.3. The number of nitro benzene ring substituents is 1. The monoisotopic (exact) mass is 401 g/mol. The lowest BCUT2D eigenvalue weighted by atomic mass is 10.1. The summed E-state index contributed by atoms with van der Waals surface area (Å²) in [7, 11) is 1.53. The molecule has 29 heavy (non-hydrogen) atoms. The van der Waals surface area contributed by atoms with E-state index in [-0.39, 0.29) is 11.3 Å². The SMILES string of the molecule is CCc1ccccc1NC(=O)COC(=O)c1cc([N+](=O)[O-])ccc1NCCOC. The molecule has 0 spiro atoms. The molecule has 0 bridgehead atoms.